The molecule has 0 spiro atoms. The number of hydrogen-bond donors (Lipinski definition) is 1. The number of benzene rings is 1. The van der Waals surface area contributed by atoms with Gasteiger partial charge in [0.15, 0.2) is 5.16 Å². The number of carbonyl (C=O) groups excluding carboxylic acids is 1. The topological polar surface area (TPSA) is 54.9 Å². The smallest absolute Gasteiger partial charge is 0.220 e. The Kier molecular flexibility index (Phi) is 6.40. The molecule has 0 radical (unpaired) electrons. The van der Waals surface area contributed by atoms with Gasteiger partial charge in [-0.2, -0.15) is 0 Å². The molecule has 1 amide bonds. The fraction of sp³-hybridized carbons (Fsp3) is 0.353. The molecule has 0 aliphatic rings. The van der Waals surface area contributed by atoms with Crippen molar-refractivity contribution in [1.29, 1.82) is 0 Å². The van der Waals surface area contributed by atoms with Crippen molar-refractivity contribution in [2.24, 2.45) is 0 Å². The van der Waals surface area contributed by atoms with Gasteiger partial charge in [-0.3, -0.25) is 4.79 Å². The molecule has 116 valence electrons. The summed E-state index contributed by atoms with van der Waals surface area (Å²) < 4.78 is 0. The Bertz CT molecular complexity index is 596. The lowest BCUT2D eigenvalue weighted by Crippen LogP contribution is -2.22. The van der Waals surface area contributed by atoms with Gasteiger partial charge in [-0.1, -0.05) is 42.1 Å². The summed E-state index contributed by atoms with van der Waals surface area (Å²) in [5, 5.41) is 3.73. The van der Waals surface area contributed by atoms with Gasteiger partial charge >= 0.3 is 0 Å². The second kappa shape index (κ2) is 8.54. The number of nitrogens with one attached hydrogen (secondary N) is 1. The van der Waals surface area contributed by atoms with Crippen molar-refractivity contribution in [3.8, 4) is 0 Å². The number of aryl methyl sites for hydroxylation is 2. The Morgan fingerprint density at radius 1 is 1.14 bits per heavy atom. The van der Waals surface area contributed by atoms with Crippen LogP contribution in [0.5, 0.6) is 0 Å². The van der Waals surface area contributed by atoms with Crippen LogP contribution >= 0.6 is 11.8 Å². The molecule has 1 N–H and O–H groups in total. The Morgan fingerprint density at radius 3 is 2.50 bits per heavy atom. The van der Waals surface area contributed by atoms with Crippen molar-refractivity contribution in [2.75, 3.05) is 5.75 Å². The summed E-state index contributed by atoms with van der Waals surface area (Å²) in [6, 6.07) is 11.9. The van der Waals surface area contributed by atoms with Crippen LogP contribution < -0.4 is 5.32 Å². The lowest BCUT2D eigenvalue weighted by molar-refractivity contribution is -0.121. The largest absolute Gasteiger partial charge is 0.352 e. The summed E-state index contributed by atoms with van der Waals surface area (Å²) in [5.74, 6) is 0.938. The van der Waals surface area contributed by atoms with Crippen LogP contribution in [0.2, 0.25) is 0 Å². The first kappa shape index (κ1) is 16.5. The zero-order chi connectivity index (χ0) is 15.8. The standard InChI is InChI=1S/C17H21N3OS/c1-13-11-14(2)20-17(19-13)22-10-6-9-16(21)18-12-15-7-4-3-5-8-15/h3-5,7-8,11H,6,9-10,12H2,1-2H3,(H,18,21). The second-order valence-corrected chi connectivity index (χ2v) is 6.21. The van der Waals surface area contributed by atoms with Crippen molar-refractivity contribution in [3.05, 3.63) is 53.3 Å². The summed E-state index contributed by atoms with van der Waals surface area (Å²) in [4.78, 5) is 20.5. The number of rotatable bonds is 7. The lowest BCUT2D eigenvalue weighted by atomic mass is 10.2. The van der Waals surface area contributed by atoms with Gasteiger partial charge in [0.1, 0.15) is 0 Å². The zero-order valence-electron chi connectivity index (χ0n) is 13.0. The van der Waals surface area contributed by atoms with E-state index in [9.17, 15) is 4.79 Å². The van der Waals surface area contributed by atoms with E-state index in [2.05, 4.69) is 15.3 Å². The van der Waals surface area contributed by atoms with Crippen molar-refractivity contribution in [2.45, 2.75) is 38.4 Å². The van der Waals surface area contributed by atoms with Gasteiger partial charge in [0.25, 0.3) is 0 Å². The number of aromatic nitrogens is 2. The maximum atomic E-state index is 11.8. The van der Waals surface area contributed by atoms with Gasteiger partial charge in [0.2, 0.25) is 5.91 Å². The first-order valence-corrected chi connectivity index (χ1v) is 8.38. The predicted molar refractivity (Wildman–Crippen MR) is 89.8 cm³/mol. The molecular formula is C17H21N3OS. The van der Waals surface area contributed by atoms with E-state index >= 15 is 0 Å². The Hall–Kier alpha value is -1.88. The second-order valence-electron chi connectivity index (χ2n) is 5.15. The number of nitrogens with zero attached hydrogens (tertiary/aromatic N) is 2. The van der Waals surface area contributed by atoms with Crippen LogP contribution in [0.15, 0.2) is 41.6 Å². The van der Waals surface area contributed by atoms with Gasteiger partial charge in [-0.05, 0) is 31.9 Å². The predicted octanol–water partition coefficient (Wildman–Crippen LogP) is 3.28. The lowest BCUT2D eigenvalue weighted by Gasteiger charge is -2.05. The third-order valence-corrected chi connectivity index (χ3v) is 4.01. The summed E-state index contributed by atoms with van der Waals surface area (Å²) in [5.41, 5.74) is 3.08. The fourth-order valence-electron chi connectivity index (χ4n) is 2.04. The molecule has 2 rings (SSSR count). The maximum absolute atomic E-state index is 11.8. The van der Waals surface area contributed by atoms with E-state index in [0.29, 0.717) is 13.0 Å². The monoisotopic (exact) mass is 315 g/mol. The highest BCUT2D eigenvalue weighted by molar-refractivity contribution is 7.99. The highest BCUT2D eigenvalue weighted by atomic mass is 32.2. The summed E-state index contributed by atoms with van der Waals surface area (Å²) in [7, 11) is 0. The molecule has 1 aromatic carbocycles. The maximum Gasteiger partial charge on any atom is 0.220 e. The number of thioether (sulfide) groups is 1. The Morgan fingerprint density at radius 2 is 1.82 bits per heavy atom. The van der Waals surface area contributed by atoms with E-state index in [1.165, 1.54) is 0 Å². The van der Waals surface area contributed by atoms with E-state index in [1.807, 2.05) is 50.2 Å². The van der Waals surface area contributed by atoms with E-state index in [1.54, 1.807) is 11.8 Å². The Labute approximate surface area is 135 Å². The van der Waals surface area contributed by atoms with Crippen LogP contribution in [0.4, 0.5) is 0 Å². The average Bonchev–Trinajstić information content (AvgIpc) is 2.50. The van der Waals surface area contributed by atoms with Crippen LogP contribution in [-0.2, 0) is 11.3 Å². The molecule has 0 atom stereocenters. The van der Waals surface area contributed by atoms with Crippen LogP contribution in [0.3, 0.4) is 0 Å². The molecule has 4 nitrogen and oxygen atoms in total. The highest BCUT2D eigenvalue weighted by Gasteiger charge is 2.04. The molecule has 0 fully saturated rings. The number of hydrogen-bond acceptors (Lipinski definition) is 4. The minimum Gasteiger partial charge on any atom is -0.352 e. The van der Waals surface area contributed by atoms with Crippen LogP contribution in [0.25, 0.3) is 0 Å². The van der Waals surface area contributed by atoms with Crippen molar-refractivity contribution < 1.29 is 4.79 Å². The molecule has 2 aromatic rings. The third kappa shape index (κ3) is 5.85. The molecule has 0 aliphatic carbocycles. The van der Waals surface area contributed by atoms with E-state index in [-0.39, 0.29) is 5.91 Å². The van der Waals surface area contributed by atoms with Gasteiger partial charge in [0, 0.05) is 30.1 Å². The minimum absolute atomic E-state index is 0.0887. The van der Waals surface area contributed by atoms with E-state index in [4.69, 9.17) is 0 Å². The van der Waals surface area contributed by atoms with Crippen LogP contribution in [-0.4, -0.2) is 21.6 Å². The van der Waals surface area contributed by atoms with Gasteiger partial charge in [0.05, 0.1) is 0 Å². The molecule has 5 heteroatoms. The van der Waals surface area contributed by atoms with Gasteiger partial charge in [-0.25, -0.2) is 9.97 Å². The quantitative estimate of drug-likeness (QED) is 0.484. The first-order valence-electron chi connectivity index (χ1n) is 7.39. The molecule has 0 saturated heterocycles. The first-order chi connectivity index (χ1) is 10.6. The molecule has 0 unspecified atom stereocenters. The van der Waals surface area contributed by atoms with Crippen molar-refractivity contribution in [1.82, 2.24) is 15.3 Å². The zero-order valence-corrected chi connectivity index (χ0v) is 13.8. The fourth-order valence-corrected chi connectivity index (χ4v) is 2.93. The molecular weight excluding hydrogens is 294 g/mol. The normalized spacial score (nSPS) is 10.5. The van der Waals surface area contributed by atoms with Gasteiger partial charge in [-0.15, -0.1) is 0 Å². The Balaban J connectivity index is 1.64. The molecule has 0 saturated carbocycles. The molecule has 1 heterocycles. The summed E-state index contributed by atoms with van der Waals surface area (Å²) >= 11 is 1.60. The molecule has 1 aromatic heterocycles. The molecule has 0 aliphatic heterocycles. The van der Waals surface area contributed by atoms with E-state index in [0.717, 1.165) is 34.3 Å². The van der Waals surface area contributed by atoms with Crippen molar-refractivity contribution >= 4 is 17.7 Å². The third-order valence-electron chi connectivity index (χ3n) is 3.07. The van der Waals surface area contributed by atoms with Gasteiger partial charge < -0.3 is 5.32 Å². The summed E-state index contributed by atoms with van der Waals surface area (Å²) in [6.45, 7) is 4.53. The number of amides is 1. The average molecular weight is 315 g/mol. The molecule has 0 bridgehead atoms. The summed E-state index contributed by atoms with van der Waals surface area (Å²) in [6.07, 6.45) is 1.35. The van der Waals surface area contributed by atoms with Crippen molar-refractivity contribution in [3.63, 3.8) is 0 Å². The highest BCUT2D eigenvalue weighted by Crippen LogP contribution is 2.15. The van der Waals surface area contributed by atoms with Crippen LogP contribution in [0, 0.1) is 13.8 Å². The SMILES string of the molecule is Cc1cc(C)nc(SCCCC(=O)NCc2ccccc2)n1. The number of carbonyl (C=O) groups is 1. The van der Waals surface area contributed by atoms with Crippen LogP contribution in [0.1, 0.15) is 29.8 Å². The van der Waals surface area contributed by atoms with E-state index < -0.39 is 0 Å². The minimum atomic E-state index is 0.0887. The molecule has 22 heavy (non-hydrogen) atoms.